The Hall–Kier alpha value is -3.07. The van der Waals surface area contributed by atoms with Crippen molar-refractivity contribution >= 4 is 11.6 Å². The van der Waals surface area contributed by atoms with Crippen LogP contribution in [0, 0.1) is 6.92 Å². The third-order valence-electron chi connectivity index (χ3n) is 4.47. The first-order valence-electron chi connectivity index (χ1n) is 8.39. The van der Waals surface area contributed by atoms with E-state index in [-0.39, 0.29) is 12.5 Å². The highest BCUT2D eigenvalue weighted by Gasteiger charge is 2.18. The van der Waals surface area contributed by atoms with Crippen LogP contribution in [0.2, 0.25) is 0 Å². The van der Waals surface area contributed by atoms with Crippen LogP contribution in [-0.4, -0.2) is 12.5 Å². The standard InChI is InChI=1S/C22H19NO2/c1-15-6-9-19(10-7-15)25-14-22(24)23-18-8-11-21-17(13-18)12-16-4-2-3-5-20(16)21/h2-11,13H,12,14H2,1H3,(H,23,24). The molecule has 0 atom stereocenters. The summed E-state index contributed by atoms with van der Waals surface area (Å²) in [7, 11) is 0. The van der Waals surface area contributed by atoms with Gasteiger partial charge in [-0.15, -0.1) is 0 Å². The molecule has 0 aliphatic heterocycles. The SMILES string of the molecule is Cc1ccc(OCC(=O)Nc2ccc3c(c2)Cc2ccccc2-3)cc1. The number of hydrogen-bond donors (Lipinski definition) is 1. The van der Waals surface area contributed by atoms with Crippen molar-refractivity contribution in [3.05, 3.63) is 83.4 Å². The van der Waals surface area contributed by atoms with E-state index in [0.29, 0.717) is 5.75 Å². The molecule has 0 saturated heterocycles. The molecule has 0 saturated carbocycles. The lowest BCUT2D eigenvalue weighted by molar-refractivity contribution is -0.118. The highest BCUT2D eigenvalue weighted by Crippen LogP contribution is 2.37. The smallest absolute Gasteiger partial charge is 0.262 e. The van der Waals surface area contributed by atoms with Crippen molar-refractivity contribution in [1.29, 1.82) is 0 Å². The largest absolute Gasteiger partial charge is 0.484 e. The molecule has 3 aromatic carbocycles. The first-order chi connectivity index (χ1) is 12.2. The van der Waals surface area contributed by atoms with Gasteiger partial charge in [-0.25, -0.2) is 0 Å². The molecule has 3 aromatic rings. The predicted octanol–water partition coefficient (Wildman–Crippen LogP) is 4.58. The van der Waals surface area contributed by atoms with Crippen LogP contribution in [0.15, 0.2) is 66.7 Å². The summed E-state index contributed by atoms with van der Waals surface area (Å²) >= 11 is 0. The zero-order valence-electron chi connectivity index (χ0n) is 14.1. The summed E-state index contributed by atoms with van der Waals surface area (Å²) in [5, 5.41) is 2.92. The van der Waals surface area contributed by atoms with E-state index >= 15 is 0 Å². The molecule has 0 aromatic heterocycles. The second kappa shape index (κ2) is 6.44. The van der Waals surface area contributed by atoms with Gasteiger partial charge in [0.2, 0.25) is 0 Å². The van der Waals surface area contributed by atoms with Gasteiger partial charge < -0.3 is 10.1 Å². The van der Waals surface area contributed by atoms with E-state index in [0.717, 1.165) is 17.7 Å². The number of ether oxygens (including phenoxy) is 1. The maximum absolute atomic E-state index is 12.1. The minimum atomic E-state index is -0.156. The molecule has 0 heterocycles. The summed E-state index contributed by atoms with van der Waals surface area (Å²) in [6.07, 6.45) is 0.912. The van der Waals surface area contributed by atoms with Gasteiger partial charge in [-0.1, -0.05) is 48.0 Å². The molecule has 124 valence electrons. The summed E-state index contributed by atoms with van der Waals surface area (Å²) in [6, 6.07) is 22.2. The van der Waals surface area contributed by atoms with E-state index in [1.165, 1.54) is 22.3 Å². The van der Waals surface area contributed by atoms with Crippen LogP contribution in [0.4, 0.5) is 5.69 Å². The summed E-state index contributed by atoms with van der Waals surface area (Å²) in [5.74, 6) is 0.543. The maximum atomic E-state index is 12.1. The van der Waals surface area contributed by atoms with Gasteiger partial charge in [0, 0.05) is 5.69 Å². The Morgan fingerprint density at radius 1 is 0.960 bits per heavy atom. The van der Waals surface area contributed by atoms with Crippen LogP contribution in [0.25, 0.3) is 11.1 Å². The van der Waals surface area contributed by atoms with Crippen molar-refractivity contribution < 1.29 is 9.53 Å². The second-order valence-corrected chi connectivity index (χ2v) is 6.36. The Bertz CT molecular complexity index is 929. The van der Waals surface area contributed by atoms with Gasteiger partial charge in [-0.3, -0.25) is 4.79 Å². The summed E-state index contributed by atoms with van der Waals surface area (Å²) < 4.78 is 5.53. The molecule has 1 amide bonds. The van der Waals surface area contributed by atoms with Gasteiger partial charge in [-0.2, -0.15) is 0 Å². The van der Waals surface area contributed by atoms with Crippen molar-refractivity contribution in [2.45, 2.75) is 13.3 Å². The van der Waals surface area contributed by atoms with E-state index in [9.17, 15) is 4.79 Å². The number of fused-ring (bicyclic) bond motifs is 3. The van der Waals surface area contributed by atoms with Crippen LogP contribution in [0.3, 0.4) is 0 Å². The molecule has 0 spiro atoms. The second-order valence-electron chi connectivity index (χ2n) is 6.36. The molecule has 1 aliphatic carbocycles. The van der Waals surface area contributed by atoms with E-state index in [1.807, 2.05) is 37.3 Å². The molecule has 3 nitrogen and oxygen atoms in total. The first kappa shape index (κ1) is 15.5. The zero-order valence-corrected chi connectivity index (χ0v) is 14.1. The highest BCUT2D eigenvalue weighted by atomic mass is 16.5. The minimum Gasteiger partial charge on any atom is -0.484 e. The third kappa shape index (κ3) is 3.26. The Kier molecular flexibility index (Phi) is 3.98. The summed E-state index contributed by atoms with van der Waals surface area (Å²) in [4.78, 5) is 12.1. The molecule has 0 unspecified atom stereocenters. The molecule has 25 heavy (non-hydrogen) atoms. The number of aryl methyl sites for hydroxylation is 1. The molecule has 1 aliphatic rings. The van der Waals surface area contributed by atoms with Gasteiger partial charge >= 0.3 is 0 Å². The molecule has 0 radical (unpaired) electrons. The van der Waals surface area contributed by atoms with Crippen molar-refractivity contribution in [3.8, 4) is 16.9 Å². The van der Waals surface area contributed by atoms with Crippen LogP contribution < -0.4 is 10.1 Å². The number of benzene rings is 3. The van der Waals surface area contributed by atoms with Crippen LogP contribution in [-0.2, 0) is 11.2 Å². The topological polar surface area (TPSA) is 38.3 Å². The Balaban J connectivity index is 1.41. The lowest BCUT2D eigenvalue weighted by Crippen LogP contribution is -2.20. The number of rotatable bonds is 4. The lowest BCUT2D eigenvalue weighted by Gasteiger charge is -2.09. The predicted molar refractivity (Wildman–Crippen MR) is 100.0 cm³/mol. The Morgan fingerprint density at radius 3 is 2.56 bits per heavy atom. The van der Waals surface area contributed by atoms with E-state index in [4.69, 9.17) is 4.74 Å². The van der Waals surface area contributed by atoms with Crippen LogP contribution >= 0.6 is 0 Å². The van der Waals surface area contributed by atoms with Crippen molar-refractivity contribution in [1.82, 2.24) is 0 Å². The highest BCUT2D eigenvalue weighted by molar-refractivity contribution is 5.92. The van der Waals surface area contributed by atoms with E-state index < -0.39 is 0 Å². The van der Waals surface area contributed by atoms with Gasteiger partial charge in [0.1, 0.15) is 5.75 Å². The van der Waals surface area contributed by atoms with Gasteiger partial charge in [-0.05, 0) is 59.9 Å². The monoisotopic (exact) mass is 329 g/mol. The number of anilines is 1. The minimum absolute atomic E-state index is 0.000368. The molecule has 1 N–H and O–H groups in total. The summed E-state index contributed by atoms with van der Waals surface area (Å²) in [5.41, 5.74) is 7.10. The van der Waals surface area contributed by atoms with Crippen LogP contribution in [0.1, 0.15) is 16.7 Å². The number of carbonyl (C=O) groups is 1. The number of amides is 1. The fraction of sp³-hybridized carbons (Fsp3) is 0.136. The number of nitrogens with one attached hydrogen (secondary N) is 1. The van der Waals surface area contributed by atoms with Gasteiger partial charge in [0.15, 0.2) is 6.61 Å². The lowest BCUT2D eigenvalue weighted by atomic mass is 10.1. The molecular formula is C22H19NO2. The van der Waals surface area contributed by atoms with E-state index in [1.54, 1.807) is 0 Å². The maximum Gasteiger partial charge on any atom is 0.262 e. The molecule has 4 rings (SSSR count). The number of carbonyl (C=O) groups excluding carboxylic acids is 1. The molecule has 0 fully saturated rings. The average Bonchev–Trinajstić information content (AvgIpc) is 2.99. The normalized spacial score (nSPS) is 11.6. The molecular weight excluding hydrogens is 310 g/mol. The molecule has 0 bridgehead atoms. The Labute approximate surface area is 147 Å². The Morgan fingerprint density at radius 2 is 1.72 bits per heavy atom. The fourth-order valence-electron chi connectivity index (χ4n) is 3.20. The van der Waals surface area contributed by atoms with Crippen molar-refractivity contribution in [3.63, 3.8) is 0 Å². The molecule has 3 heteroatoms. The van der Waals surface area contributed by atoms with Crippen LogP contribution in [0.5, 0.6) is 5.75 Å². The third-order valence-corrected chi connectivity index (χ3v) is 4.47. The summed E-state index contributed by atoms with van der Waals surface area (Å²) in [6.45, 7) is 2.02. The van der Waals surface area contributed by atoms with Crippen molar-refractivity contribution in [2.24, 2.45) is 0 Å². The zero-order chi connectivity index (χ0) is 17.2. The average molecular weight is 329 g/mol. The quantitative estimate of drug-likeness (QED) is 0.595. The fourth-order valence-corrected chi connectivity index (χ4v) is 3.20. The van der Waals surface area contributed by atoms with E-state index in [2.05, 4.69) is 41.7 Å². The van der Waals surface area contributed by atoms with Crippen molar-refractivity contribution in [2.75, 3.05) is 11.9 Å². The number of hydrogen-bond acceptors (Lipinski definition) is 2. The van der Waals surface area contributed by atoms with Gasteiger partial charge in [0.05, 0.1) is 0 Å². The first-order valence-corrected chi connectivity index (χ1v) is 8.39. The van der Waals surface area contributed by atoms with Gasteiger partial charge in [0.25, 0.3) is 5.91 Å².